The van der Waals surface area contributed by atoms with Crippen LogP contribution >= 0.6 is 0 Å². The lowest BCUT2D eigenvalue weighted by atomic mass is 10.3. The molecular formula is C12H13FN4O2S. The van der Waals surface area contributed by atoms with Crippen LogP contribution in [0.15, 0.2) is 41.6 Å². The predicted octanol–water partition coefficient (Wildman–Crippen LogP) is 1.05. The molecule has 0 N–H and O–H groups in total. The van der Waals surface area contributed by atoms with Crippen LogP contribution in [0.1, 0.15) is 12.5 Å². The molecule has 0 radical (unpaired) electrons. The Labute approximate surface area is 115 Å². The summed E-state index contributed by atoms with van der Waals surface area (Å²) in [7, 11) is -3.80. The quantitative estimate of drug-likeness (QED) is 0.849. The van der Waals surface area contributed by atoms with E-state index in [-0.39, 0.29) is 17.5 Å². The summed E-state index contributed by atoms with van der Waals surface area (Å²) in [5, 5.41) is 7.59. The number of hydrogen-bond acceptors (Lipinski definition) is 4. The first-order valence-corrected chi connectivity index (χ1v) is 7.63. The number of rotatable bonds is 3. The monoisotopic (exact) mass is 296 g/mol. The molecule has 8 heteroatoms. The first-order valence-electron chi connectivity index (χ1n) is 6.19. The number of nitrogens with zero attached hydrogens (tertiary/aromatic N) is 4. The summed E-state index contributed by atoms with van der Waals surface area (Å²) < 4.78 is 41.4. The molecule has 0 spiro atoms. The van der Waals surface area contributed by atoms with Crippen LogP contribution in [0, 0.1) is 5.82 Å². The molecule has 106 valence electrons. The maximum atomic E-state index is 13.7. The van der Waals surface area contributed by atoms with Gasteiger partial charge in [0.1, 0.15) is 10.7 Å². The van der Waals surface area contributed by atoms with E-state index in [2.05, 4.69) is 10.3 Å². The van der Waals surface area contributed by atoms with Gasteiger partial charge in [-0.15, -0.1) is 5.10 Å². The fraction of sp³-hybridized carbons (Fsp3) is 0.333. The third-order valence-corrected chi connectivity index (χ3v) is 5.29. The first kappa shape index (κ1) is 13.2. The van der Waals surface area contributed by atoms with Crippen LogP contribution in [0.4, 0.5) is 4.39 Å². The highest BCUT2D eigenvalue weighted by atomic mass is 32.2. The highest BCUT2D eigenvalue weighted by molar-refractivity contribution is 7.89. The summed E-state index contributed by atoms with van der Waals surface area (Å²) in [5.41, 5.74) is 0. The van der Waals surface area contributed by atoms with Gasteiger partial charge in [0.15, 0.2) is 0 Å². The Hall–Kier alpha value is -1.80. The fourth-order valence-corrected chi connectivity index (χ4v) is 3.91. The second kappa shape index (κ2) is 4.95. The van der Waals surface area contributed by atoms with Crippen molar-refractivity contribution in [2.24, 2.45) is 0 Å². The average molecular weight is 296 g/mol. The van der Waals surface area contributed by atoms with E-state index < -0.39 is 15.8 Å². The summed E-state index contributed by atoms with van der Waals surface area (Å²) in [4.78, 5) is -0.278. The van der Waals surface area contributed by atoms with Crippen molar-refractivity contribution in [2.45, 2.75) is 17.4 Å². The molecule has 1 atom stereocenters. The number of sulfonamides is 1. The topological polar surface area (TPSA) is 68.1 Å². The van der Waals surface area contributed by atoms with E-state index in [4.69, 9.17) is 0 Å². The van der Waals surface area contributed by atoms with Gasteiger partial charge in [-0.1, -0.05) is 17.3 Å². The van der Waals surface area contributed by atoms with E-state index in [1.54, 1.807) is 17.1 Å². The highest BCUT2D eigenvalue weighted by Gasteiger charge is 2.34. The molecule has 2 aromatic rings. The zero-order valence-electron chi connectivity index (χ0n) is 10.6. The molecule has 6 nitrogen and oxygen atoms in total. The molecule has 2 heterocycles. The average Bonchev–Trinajstić information content (AvgIpc) is 3.10. The third-order valence-electron chi connectivity index (χ3n) is 3.40. The van der Waals surface area contributed by atoms with Crippen LogP contribution in [-0.4, -0.2) is 40.8 Å². The molecule has 0 saturated carbocycles. The van der Waals surface area contributed by atoms with Gasteiger partial charge in [-0.3, -0.25) is 0 Å². The van der Waals surface area contributed by atoms with Gasteiger partial charge in [-0.25, -0.2) is 17.5 Å². The van der Waals surface area contributed by atoms with Crippen molar-refractivity contribution >= 4 is 10.0 Å². The number of hydrogen-bond donors (Lipinski definition) is 0. The molecule has 1 aromatic heterocycles. The standard InChI is InChI=1S/C12H13FN4O2S/c13-11-3-1-2-4-12(11)20(18,19)16-7-5-10(9-16)17-8-6-14-15-17/h1-4,6,8,10H,5,7,9H2/t10-/m0/s1. The van der Waals surface area contributed by atoms with E-state index in [0.29, 0.717) is 13.0 Å². The van der Waals surface area contributed by atoms with E-state index in [9.17, 15) is 12.8 Å². The van der Waals surface area contributed by atoms with Gasteiger partial charge in [0, 0.05) is 19.3 Å². The smallest absolute Gasteiger partial charge is 0.246 e. The van der Waals surface area contributed by atoms with Gasteiger partial charge in [-0.2, -0.15) is 4.31 Å². The van der Waals surface area contributed by atoms with Crippen molar-refractivity contribution in [2.75, 3.05) is 13.1 Å². The van der Waals surface area contributed by atoms with E-state index in [1.807, 2.05) is 0 Å². The van der Waals surface area contributed by atoms with Crippen molar-refractivity contribution in [1.82, 2.24) is 19.3 Å². The van der Waals surface area contributed by atoms with Gasteiger partial charge >= 0.3 is 0 Å². The van der Waals surface area contributed by atoms with Gasteiger partial charge in [0.25, 0.3) is 0 Å². The van der Waals surface area contributed by atoms with E-state index >= 15 is 0 Å². The maximum Gasteiger partial charge on any atom is 0.246 e. The fourth-order valence-electron chi connectivity index (χ4n) is 2.35. The van der Waals surface area contributed by atoms with E-state index in [1.165, 1.54) is 22.5 Å². The SMILES string of the molecule is O=S(=O)(c1ccccc1F)N1CC[C@H](n2ccnn2)C1. The summed E-state index contributed by atoms with van der Waals surface area (Å²) in [6.07, 6.45) is 3.88. The number of aromatic nitrogens is 3. The molecule has 1 saturated heterocycles. The van der Waals surface area contributed by atoms with E-state index in [0.717, 1.165) is 6.07 Å². The minimum Gasteiger partial charge on any atom is -0.248 e. The maximum absolute atomic E-state index is 13.7. The molecule has 20 heavy (non-hydrogen) atoms. The van der Waals surface area contributed by atoms with Crippen LogP contribution in [0.5, 0.6) is 0 Å². The normalized spacial score (nSPS) is 20.4. The molecular weight excluding hydrogens is 283 g/mol. The van der Waals surface area contributed by atoms with Gasteiger partial charge in [-0.05, 0) is 18.6 Å². The lowest BCUT2D eigenvalue weighted by molar-refractivity contribution is 0.425. The molecule has 0 unspecified atom stereocenters. The highest BCUT2D eigenvalue weighted by Crippen LogP contribution is 2.27. The molecule has 3 rings (SSSR count). The summed E-state index contributed by atoms with van der Waals surface area (Å²) in [5.74, 6) is -0.725. The van der Waals surface area contributed by atoms with Crippen LogP contribution in [0.25, 0.3) is 0 Å². The van der Waals surface area contributed by atoms with Crippen molar-refractivity contribution < 1.29 is 12.8 Å². The van der Waals surface area contributed by atoms with Crippen molar-refractivity contribution in [3.8, 4) is 0 Å². The molecule has 1 aliphatic heterocycles. The summed E-state index contributed by atoms with van der Waals surface area (Å²) >= 11 is 0. The van der Waals surface area contributed by atoms with Gasteiger partial charge in [0.05, 0.1) is 12.2 Å². The second-order valence-electron chi connectivity index (χ2n) is 4.62. The Kier molecular flexibility index (Phi) is 3.27. The zero-order chi connectivity index (χ0) is 14.2. The zero-order valence-corrected chi connectivity index (χ0v) is 11.4. The minimum absolute atomic E-state index is 0.0564. The molecule has 0 bridgehead atoms. The predicted molar refractivity (Wildman–Crippen MR) is 68.8 cm³/mol. The van der Waals surface area contributed by atoms with Crippen LogP contribution in [0.2, 0.25) is 0 Å². The third kappa shape index (κ3) is 2.20. The van der Waals surface area contributed by atoms with Crippen molar-refractivity contribution in [3.05, 3.63) is 42.5 Å². The number of benzene rings is 1. The Morgan fingerprint density at radius 2 is 2.10 bits per heavy atom. The molecule has 0 aliphatic carbocycles. The molecule has 1 fully saturated rings. The Morgan fingerprint density at radius 1 is 1.30 bits per heavy atom. The Balaban J connectivity index is 1.85. The van der Waals surface area contributed by atoms with Crippen LogP contribution in [0.3, 0.4) is 0 Å². The lowest BCUT2D eigenvalue weighted by Crippen LogP contribution is -2.30. The minimum atomic E-state index is -3.80. The Morgan fingerprint density at radius 3 is 2.80 bits per heavy atom. The van der Waals surface area contributed by atoms with Gasteiger partial charge in [0.2, 0.25) is 10.0 Å². The Bertz CT molecular complexity index is 702. The lowest BCUT2D eigenvalue weighted by Gasteiger charge is -2.16. The van der Waals surface area contributed by atoms with Crippen molar-refractivity contribution in [3.63, 3.8) is 0 Å². The number of halogens is 1. The molecule has 1 aliphatic rings. The largest absolute Gasteiger partial charge is 0.248 e. The van der Waals surface area contributed by atoms with Gasteiger partial charge < -0.3 is 0 Å². The molecule has 0 amide bonds. The summed E-state index contributed by atoms with van der Waals surface area (Å²) in [6, 6.07) is 5.36. The van der Waals surface area contributed by atoms with Crippen LogP contribution < -0.4 is 0 Å². The first-order chi connectivity index (χ1) is 9.59. The second-order valence-corrected chi connectivity index (χ2v) is 6.53. The summed E-state index contributed by atoms with van der Waals surface area (Å²) in [6.45, 7) is 0.626. The van der Waals surface area contributed by atoms with Crippen molar-refractivity contribution in [1.29, 1.82) is 0 Å². The molecule has 1 aromatic carbocycles. The van der Waals surface area contributed by atoms with Crippen LogP contribution in [-0.2, 0) is 10.0 Å².